The first-order chi connectivity index (χ1) is 8.50. The molecular formula is C9H6Cl2F3NO3S. The summed E-state index contributed by atoms with van der Waals surface area (Å²) in [5, 5.41) is 1.36. The van der Waals surface area contributed by atoms with Crippen LogP contribution in [0.25, 0.3) is 0 Å². The van der Waals surface area contributed by atoms with Crippen molar-refractivity contribution in [2.45, 2.75) is 11.1 Å². The summed E-state index contributed by atoms with van der Waals surface area (Å²) in [6.45, 7) is -1.53. The molecule has 0 saturated carbocycles. The average Bonchev–Trinajstić information content (AvgIpc) is 2.24. The highest BCUT2D eigenvalue weighted by molar-refractivity contribution is 8.13. The Balaban J connectivity index is 3.00. The molecule has 4 nitrogen and oxygen atoms in total. The van der Waals surface area contributed by atoms with Gasteiger partial charge in [-0.1, -0.05) is 11.6 Å². The summed E-state index contributed by atoms with van der Waals surface area (Å²) >= 11 is 5.56. The third kappa shape index (κ3) is 4.88. The summed E-state index contributed by atoms with van der Waals surface area (Å²) < 4.78 is 58.0. The standard InChI is InChI=1S/C9H6Cl2F3NO3S/c10-6-2-1-5(3-7(6)19(11,17)18)8(16)15-4-9(12,13)14/h1-3H,4H2,(H,15,16). The van der Waals surface area contributed by atoms with E-state index in [0.29, 0.717) is 0 Å². The van der Waals surface area contributed by atoms with Gasteiger partial charge in [0.2, 0.25) is 0 Å². The van der Waals surface area contributed by atoms with Gasteiger partial charge in [0, 0.05) is 16.2 Å². The highest BCUT2D eigenvalue weighted by Crippen LogP contribution is 2.25. The molecule has 1 aromatic carbocycles. The highest BCUT2D eigenvalue weighted by Gasteiger charge is 2.28. The van der Waals surface area contributed by atoms with Crippen molar-refractivity contribution in [3.05, 3.63) is 28.8 Å². The van der Waals surface area contributed by atoms with Crippen molar-refractivity contribution in [1.29, 1.82) is 0 Å². The normalized spacial score (nSPS) is 12.3. The van der Waals surface area contributed by atoms with Crippen LogP contribution < -0.4 is 5.32 Å². The Morgan fingerprint density at radius 2 is 1.89 bits per heavy atom. The van der Waals surface area contributed by atoms with Gasteiger partial charge in [0.25, 0.3) is 15.0 Å². The van der Waals surface area contributed by atoms with Crippen LogP contribution in [-0.4, -0.2) is 27.0 Å². The second-order valence-electron chi connectivity index (χ2n) is 3.38. The summed E-state index contributed by atoms with van der Waals surface area (Å²) in [7, 11) is 0.871. The molecule has 0 aliphatic heterocycles. The van der Waals surface area contributed by atoms with Crippen molar-refractivity contribution >= 4 is 37.2 Å². The summed E-state index contributed by atoms with van der Waals surface area (Å²) in [5.74, 6) is -1.09. The summed E-state index contributed by atoms with van der Waals surface area (Å²) in [6, 6.07) is 2.94. The SMILES string of the molecule is O=C(NCC(F)(F)F)c1ccc(Cl)c(S(=O)(=O)Cl)c1. The fourth-order valence-electron chi connectivity index (χ4n) is 1.11. The number of carbonyl (C=O) groups is 1. The zero-order valence-electron chi connectivity index (χ0n) is 8.96. The molecule has 1 rings (SSSR count). The van der Waals surface area contributed by atoms with E-state index in [2.05, 4.69) is 0 Å². The van der Waals surface area contributed by atoms with Gasteiger partial charge in [0.05, 0.1) is 5.02 Å². The number of carbonyl (C=O) groups excluding carboxylic acids is 1. The molecule has 0 aliphatic carbocycles. The number of hydrogen-bond acceptors (Lipinski definition) is 3. The number of rotatable bonds is 3. The van der Waals surface area contributed by atoms with Gasteiger partial charge in [-0.3, -0.25) is 4.79 Å². The number of alkyl halides is 3. The Morgan fingerprint density at radius 1 is 1.32 bits per heavy atom. The van der Waals surface area contributed by atoms with E-state index in [4.69, 9.17) is 22.3 Å². The Morgan fingerprint density at radius 3 is 2.37 bits per heavy atom. The molecule has 0 atom stereocenters. The molecule has 1 aromatic rings. The van der Waals surface area contributed by atoms with Crippen LogP contribution in [0, 0.1) is 0 Å². The van der Waals surface area contributed by atoms with Gasteiger partial charge in [-0.15, -0.1) is 0 Å². The van der Waals surface area contributed by atoms with Gasteiger partial charge in [-0.05, 0) is 18.2 Å². The topological polar surface area (TPSA) is 63.2 Å². The molecule has 0 spiro atoms. The molecule has 0 aliphatic rings. The van der Waals surface area contributed by atoms with Gasteiger partial charge in [-0.2, -0.15) is 13.2 Å². The predicted octanol–water partition coefficient (Wildman–Crippen LogP) is 2.56. The van der Waals surface area contributed by atoms with Crippen LogP contribution in [0.5, 0.6) is 0 Å². The van der Waals surface area contributed by atoms with E-state index in [1.807, 2.05) is 0 Å². The van der Waals surface area contributed by atoms with Crippen molar-refractivity contribution in [3.63, 3.8) is 0 Å². The molecule has 0 fully saturated rings. The molecule has 0 saturated heterocycles. The number of nitrogens with one attached hydrogen (secondary N) is 1. The molecule has 0 radical (unpaired) electrons. The lowest BCUT2D eigenvalue weighted by Gasteiger charge is -2.09. The zero-order chi connectivity index (χ0) is 14.8. The number of benzene rings is 1. The molecular weight excluding hydrogens is 330 g/mol. The summed E-state index contributed by atoms with van der Waals surface area (Å²) in [5.41, 5.74) is -0.298. The van der Waals surface area contributed by atoms with Gasteiger partial charge in [0.15, 0.2) is 0 Å². The third-order valence-electron chi connectivity index (χ3n) is 1.91. The van der Waals surface area contributed by atoms with E-state index in [9.17, 15) is 26.4 Å². The third-order valence-corrected chi connectivity index (χ3v) is 3.71. The Labute approximate surface area is 115 Å². The highest BCUT2D eigenvalue weighted by atomic mass is 35.7. The average molecular weight is 336 g/mol. The van der Waals surface area contributed by atoms with Crippen LogP contribution in [-0.2, 0) is 9.05 Å². The second kappa shape index (κ2) is 5.56. The Kier molecular flexibility index (Phi) is 4.70. The quantitative estimate of drug-likeness (QED) is 0.863. The van der Waals surface area contributed by atoms with Crippen LogP contribution in [0.3, 0.4) is 0 Å². The van der Waals surface area contributed by atoms with E-state index in [-0.39, 0.29) is 10.6 Å². The Hall–Kier alpha value is -0.990. The lowest BCUT2D eigenvalue weighted by atomic mass is 10.2. The smallest absolute Gasteiger partial charge is 0.343 e. The minimum absolute atomic E-state index is 0.234. The summed E-state index contributed by atoms with van der Waals surface area (Å²) in [4.78, 5) is 10.8. The van der Waals surface area contributed by atoms with E-state index < -0.39 is 32.6 Å². The molecule has 10 heteroatoms. The fraction of sp³-hybridized carbons (Fsp3) is 0.222. The molecule has 0 heterocycles. The first-order valence-electron chi connectivity index (χ1n) is 4.60. The van der Waals surface area contributed by atoms with Crippen LogP contribution in [0.4, 0.5) is 13.2 Å². The van der Waals surface area contributed by atoms with Crippen molar-refractivity contribution in [2.24, 2.45) is 0 Å². The monoisotopic (exact) mass is 335 g/mol. The maximum absolute atomic E-state index is 11.9. The molecule has 1 N–H and O–H groups in total. The van der Waals surface area contributed by atoms with Crippen molar-refractivity contribution in [1.82, 2.24) is 5.32 Å². The van der Waals surface area contributed by atoms with Crippen molar-refractivity contribution in [3.8, 4) is 0 Å². The van der Waals surface area contributed by atoms with Gasteiger partial charge in [-0.25, -0.2) is 8.42 Å². The minimum Gasteiger partial charge on any atom is -0.343 e. The zero-order valence-corrected chi connectivity index (χ0v) is 11.3. The Bertz CT molecular complexity index is 601. The summed E-state index contributed by atoms with van der Waals surface area (Å²) in [6.07, 6.45) is -4.57. The van der Waals surface area contributed by atoms with E-state index in [1.54, 1.807) is 5.32 Å². The number of amides is 1. The predicted molar refractivity (Wildman–Crippen MR) is 62.9 cm³/mol. The van der Waals surface area contributed by atoms with E-state index in [1.165, 1.54) is 0 Å². The van der Waals surface area contributed by atoms with Crippen molar-refractivity contribution < 1.29 is 26.4 Å². The number of halogens is 5. The molecule has 0 bridgehead atoms. The maximum Gasteiger partial charge on any atom is 0.405 e. The van der Waals surface area contributed by atoms with Gasteiger partial charge >= 0.3 is 6.18 Å². The molecule has 0 aromatic heterocycles. The first kappa shape index (κ1) is 16.1. The minimum atomic E-state index is -4.57. The molecule has 1 amide bonds. The maximum atomic E-state index is 11.9. The van der Waals surface area contributed by atoms with Gasteiger partial charge < -0.3 is 5.32 Å². The lowest BCUT2D eigenvalue weighted by molar-refractivity contribution is -0.123. The molecule has 106 valence electrons. The fourth-order valence-corrected chi connectivity index (χ4v) is 2.61. The van der Waals surface area contributed by atoms with E-state index >= 15 is 0 Å². The largest absolute Gasteiger partial charge is 0.405 e. The second-order valence-corrected chi connectivity index (χ2v) is 6.32. The molecule has 0 unspecified atom stereocenters. The molecule has 19 heavy (non-hydrogen) atoms. The van der Waals surface area contributed by atoms with Crippen LogP contribution in [0.15, 0.2) is 23.1 Å². The lowest BCUT2D eigenvalue weighted by Crippen LogP contribution is -2.33. The number of hydrogen-bond donors (Lipinski definition) is 1. The van der Waals surface area contributed by atoms with Crippen molar-refractivity contribution in [2.75, 3.05) is 6.54 Å². The van der Waals surface area contributed by atoms with Crippen LogP contribution >= 0.6 is 22.3 Å². The van der Waals surface area contributed by atoms with Crippen LogP contribution in [0.1, 0.15) is 10.4 Å². The van der Waals surface area contributed by atoms with Crippen LogP contribution in [0.2, 0.25) is 5.02 Å². The first-order valence-corrected chi connectivity index (χ1v) is 7.28. The van der Waals surface area contributed by atoms with E-state index in [0.717, 1.165) is 18.2 Å². The van der Waals surface area contributed by atoms with Gasteiger partial charge in [0.1, 0.15) is 11.4 Å².